The minimum absolute atomic E-state index is 0.0339. The van der Waals surface area contributed by atoms with Crippen molar-refractivity contribution in [1.82, 2.24) is 5.43 Å². The number of carbonyl (C=O) groups excluding carboxylic acids is 1. The van der Waals surface area contributed by atoms with Crippen LogP contribution in [0.3, 0.4) is 0 Å². The fraction of sp³-hybridized carbons (Fsp3) is 0.188. The van der Waals surface area contributed by atoms with Gasteiger partial charge in [0.2, 0.25) is 5.91 Å². The first-order valence-electron chi connectivity index (χ1n) is 7.36. The van der Waals surface area contributed by atoms with Crippen molar-refractivity contribution < 1.29 is 28.0 Å². The van der Waals surface area contributed by atoms with Crippen molar-refractivity contribution >= 4 is 17.3 Å². The Morgan fingerprint density at radius 3 is 2.50 bits per heavy atom. The number of aryl methyl sites for hydroxylation is 1. The first-order chi connectivity index (χ1) is 12.2. The van der Waals surface area contributed by atoms with Gasteiger partial charge in [-0.15, -0.1) is 0 Å². The largest absolute Gasteiger partial charge is 0.508 e. The van der Waals surface area contributed by atoms with Crippen LogP contribution in [0.2, 0.25) is 0 Å². The number of anilines is 1. The number of carbonyl (C=O) groups is 1. The maximum atomic E-state index is 12.6. The summed E-state index contributed by atoms with van der Waals surface area (Å²) in [6.45, 7) is 0. The lowest BCUT2D eigenvalue weighted by atomic mass is 10.1. The topological polar surface area (TPSA) is 104 Å². The molecule has 0 aliphatic heterocycles. The monoisotopic (exact) mass is 369 g/mol. The molecule has 0 saturated heterocycles. The molecule has 0 spiro atoms. The van der Waals surface area contributed by atoms with Gasteiger partial charge >= 0.3 is 6.18 Å². The molecule has 0 unspecified atom stereocenters. The van der Waals surface area contributed by atoms with Crippen molar-refractivity contribution in [1.29, 1.82) is 0 Å². The molecule has 26 heavy (non-hydrogen) atoms. The fourth-order valence-corrected chi connectivity index (χ4v) is 2.13. The standard InChI is InChI=1S/C16H14F3N3O4/c17-16(18,19)11-6-7-12(13(9-11)22(25)26)20-21-15(24)8-5-10-3-1-2-4-14(10)23/h1-4,6-7,9,20,23H,5,8H2,(H,21,24). The fourth-order valence-electron chi connectivity index (χ4n) is 2.13. The molecule has 7 nitrogen and oxygen atoms in total. The summed E-state index contributed by atoms with van der Waals surface area (Å²) in [7, 11) is 0. The van der Waals surface area contributed by atoms with Crippen LogP contribution in [-0.4, -0.2) is 15.9 Å². The van der Waals surface area contributed by atoms with E-state index in [1.807, 2.05) is 0 Å². The predicted molar refractivity (Wildman–Crippen MR) is 86.3 cm³/mol. The second-order valence-corrected chi connectivity index (χ2v) is 5.29. The minimum atomic E-state index is -4.72. The lowest BCUT2D eigenvalue weighted by Crippen LogP contribution is -2.30. The van der Waals surface area contributed by atoms with Gasteiger partial charge in [-0.3, -0.25) is 25.8 Å². The number of phenols is 1. The van der Waals surface area contributed by atoms with Crippen molar-refractivity contribution in [3.63, 3.8) is 0 Å². The summed E-state index contributed by atoms with van der Waals surface area (Å²) in [5.74, 6) is -0.519. The molecule has 0 aliphatic carbocycles. The maximum absolute atomic E-state index is 12.6. The van der Waals surface area contributed by atoms with Gasteiger partial charge in [0.15, 0.2) is 0 Å². The van der Waals surface area contributed by atoms with E-state index in [-0.39, 0.29) is 24.3 Å². The van der Waals surface area contributed by atoms with E-state index in [0.717, 1.165) is 6.07 Å². The van der Waals surface area contributed by atoms with Crippen LogP contribution in [0.15, 0.2) is 42.5 Å². The van der Waals surface area contributed by atoms with Gasteiger partial charge in [-0.1, -0.05) is 18.2 Å². The van der Waals surface area contributed by atoms with Gasteiger partial charge < -0.3 is 5.11 Å². The van der Waals surface area contributed by atoms with Crippen molar-refractivity contribution in [3.8, 4) is 5.75 Å². The van der Waals surface area contributed by atoms with Crippen molar-refractivity contribution in [3.05, 3.63) is 63.7 Å². The Labute approximate surface area is 145 Å². The molecule has 1 amide bonds. The Bertz CT molecular complexity index is 825. The smallest absolute Gasteiger partial charge is 0.416 e. The number of aromatic hydroxyl groups is 1. The normalized spacial score (nSPS) is 11.0. The molecule has 2 rings (SSSR count). The van der Waals surface area contributed by atoms with E-state index in [4.69, 9.17) is 0 Å². The zero-order chi connectivity index (χ0) is 19.3. The lowest BCUT2D eigenvalue weighted by molar-refractivity contribution is -0.384. The Morgan fingerprint density at radius 1 is 1.19 bits per heavy atom. The van der Waals surface area contributed by atoms with Crippen LogP contribution in [0, 0.1) is 10.1 Å². The molecule has 2 aromatic rings. The summed E-state index contributed by atoms with van der Waals surface area (Å²) in [5, 5.41) is 20.6. The third-order valence-electron chi connectivity index (χ3n) is 3.47. The van der Waals surface area contributed by atoms with Crippen LogP contribution in [0.1, 0.15) is 17.5 Å². The zero-order valence-electron chi connectivity index (χ0n) is 13.2. The highest BCUT2D eigenvalue weighted by molar-refractivity contribution is 5.78. The van der Waals surface area contributed by atoms with Gasteiger partial charge in [0.05, 0.1) is 10.5 Å². The summed E-state index contributed by atoms with van der Waals surface area (Å²) in [4.78, 5) is 21.8. The Balaban J connectivity index is 2.01. The number of nitrogens with one attached hydrogen (secondary N) is 2. The van der Waals surface area contributed by atoms with E-state index < -0.39 is 28.3 Å². The maximum Gasteiger partial charge on any atom is 0.416 e. The van der Waals surface area contributed by atoms with E-state index in [1.165, 1.54) is 6.07 Å². The first-order valence-corrected chi connectivity index (χ1v) is 7.36. The highest BCUT2D eigenvalue weighted by atomic mass is 19.4. The summed E-state index contributed by atoms with van der Waals surface area (Å²) in [6, 6.07) is 8.35. The van der Waals surface area contributed by atoms with Gasteiger partial charge in [0.1, 0.15) is 11.4 Å². The summed E-state index contributed by atoms with van der Waals surface area (Å²) >= 11 is 0. The lowest BCUT2D eigenvalue weighted by Gasteiger charge is -2.11. The second-order valence-electron chi connectivity index (χ2n) is 5.29. The molecule has 138 valence electrons. The molecule has 10 heteroatoms. The molecule has 0 fully saturated rings. The molecule has 0 heterocycles. The van der Waals surface area contributed by atoms with Gasteiger partial charge in [-0.25, -0.2) is 0 Å². The Kier molecular flexibility index (Phi) is 5.65. The van der Waals surface area contributed by atoms with E-state index in [1.54, 1.807) is 18.2 Å². The van der Waals surface area contributed by atoms with Gasteiger partial charge in [0, 0.05) is 12.5 Å². The highest BCUT2D eigenvalue weighted by Crippen LogP contribution is 2.34. The molecule has 0 atom stereocenters. The number of nitro benzene ring substituents is 1. The summed E-state index contributed by atoms with van der Waals surface area (Å²) in [5.41, 5.74) is 2.72. The third-order valence-corrected chi connectivity index (χ3v) is 3.47. The van der Waals surface area contributed by atoms with Crippen LogP contribution in [0.25, 0.3) is 0 Å². The molecular weight excluding hydrogens is 355 g/mol. The number of rotatable bonds is 6. The molecule has 0 aliphatic rings. The van der Waals surface area contributed by atoms with Gasteiger partial charge in [0.25, 0.3) is 5.69 Å². The van der Waals surface area contributed by atoms with Gasteiger partial charge in [-0.2, -0.15) is 13.2 Å². The first kappa shape index (κ1) is 19.0. The van der Waals surface area contributed by atoms with Crippen LogP contribution < -0.4 is 10.9 Å². The molecule has 0 aromatic heterocycles. The number of hydrogen-bond acceptors (Lipinski definition) is 5. The number of alkyl halides is 3. The third kappa shape index (κ3) is 4.85. The van der Waals surface area contributed by atoms with Crippen LogP contribution in [-0.2, 0) is 17.4 Å². The second kappa shape index (κ2) is 7.72. The van der Waals surface area contributed by atoms with E-state index in [0.29, 0.717) is 17.7 Å². The van der Waals surface area contributed by atoms with E-state index in [2.05, 4.69) is 10.9 Å². The zero-order valence-corrected chi connectivity index (χ0v) is 13.2. The van der Waals surface area contributed by atoms with Crippen molar-refractivity contribution in [2.75, 3.05) is 5.43 Å². The number of hydrazine groups is 1. The van der Waals surface area contributed by atoms with Gasteiger partial charge in [-0.05, 0) is 30.2 Å². The van der Waals surface area contributed by atoms with E-state index in [9.17, 15) is 33.2 Å². The molecule has 0 radical (unpaired) electrons. The average molecular weight is 369 g/mol. The van der Waals surface area contributed by atoms with Crippen molar-refractivity contribution in [2.24, 2.45) is 0 Å². The van der Waals surface area contributed by atoms with E-state index >= 15 is 0 Å². The Hall–Kier alpha value is -3.30. The summed E-state index contributed by atoms with van der Waals surface area (Å²) in [6.07, 6.45) is -4.54. The molecular formula is C16H14F3N3O4. The molecule has 2 aromatic carbocycles. The Morgan fingerprint density at radius 2 is 1.88 bits per heavy atom. The predicted octanol–water partition coefficient (Wildman–Crippen LogP) is 3.40. The number of nitrogens with zero attached hydrogens (tertiary/aromatic N) is 1. The van der Waals surface area contributed by atoms with Crippen molar-refractivity contribution in [2.45, 2.75) is 19.0 Å². The SMILES string of the molecule is O=C(CCc1ccccc1O)NNc1ccc(C(F)(F)F)cc1[N+](=O)[O-]. The average Bonchev–Trinajstić information content (AvgIpc) is 2.58. The minimum Gasteiger partial charge on any atom is -0.508 e. The highest BCUT2D eigenvalue weighted by Gasteiger charge is 2.33. The number of phenolic OH excluding ortho intramolecular Hbond substituents is 1. The van der Waals surface area contributed by atoms with Crippen LogP contribution in [0.5, 0.6) is 5.75 Å². The summed E-state index contributed by atoms with van der Waals surface area (Å²) < 4.78 is 37.9. The number of halogens is 3. The van der Waals surface area contributed by atoms with Crippen LogP contribution in [0.4, 0.5) is 24.5 Å². The number of amides is 1. The number of benzene rings is 2. The number of hydrogen-bond donors (Lipinski definition) is 3. The molecule has 0 bridgehead atoms. The quantitative estimate of drug-likeness (QED) is 0.535. The number of nitro groups is 1. The van der Waals surface area contributed by atoms with Crippen LogP contribution >= 0.6 is 0 Å². The number of para-hydroxylation sites is 1. The molecule has 3 N–H and O–H groups in total. The molecule has 0 saturated carbocycles.